The molecule has 0 radical (unpaired) electrons. The van der Waals surface area contributed by atoms with Crippen LogP contribution >= 0.6 is 22.7 Å². The zero-order chi connectivity index (χ0) is 34.6. The SMILES string of the molecule is c1ccc(-n2c3cc(Oc4ccc5c6ccc7sc8ccccc8c7c6n(-c6ccccn6)c5c4)ccc3c3ccc4sc5ccccc5c4c32)nc1. The number of thiophene rings is 2. The molecule has 7 heteroatoms. The highest BCUT2D eigenvalue weighted by Crippen LogP contribution is 2.45. The summed E-state index contributed by atoms with van der Waals surface area (Å²) in [6.45, 7) is 0. The molecule has 6 aromatic heterocycles. The van der Waals surface area contributed by atoms with Crippen molar-refractivity contribution < 1.29 is 4.74 Å². The van der Waals surface area contributed by atoms with E-state index in [1.165, 1.54) is 62.2 Å². The first-order chi connectivity index (χ1) is 26.3. The van der Waals surface area contributed by atoms with Gasteiger partial charge in [-0.2, -0.15) is 0 Å². The van der Waals surface area contributed by atoms with Gasteiger partial charge in [0.2, 0.25) is 0 Å². The van der Waals surface area contributed by atoms with Crippen molar-refractivity contribution in [2.75, 3.05) is 0 Å². The fourth-order valence-corrected chi connectivity index (χ4v) is 10.5. The maximum Gasteiger partial charge on any atom is 0.137 e. The first-order valence-electron chi connectivity index (χ1n) is 17.6. The Kier molecular flexibility index (Phi) is 6.03. The quantitative estimate of drug-likeness (QED) is 0.182. The van der Waals surface area contributed by atoms with E-state index in [1.807, 2.05) is 47.2 Å². The third kappa shape index (κ3) is 4.17. The highest BCUT2D eigenvalue weighted by atomic mass is 32.1. The highest BCUT2D eigenvalue weighted by Gasteiger charge is 2.21. The van der Waals surface area contributed by atoms with Gasteiger partial charge in [0.15, 0.2) is 0 Å². The van der Waals surface area contributed by atoms with Gasteiger partial charge in [-0.1, -0.05) is 60.7 Å². The molecule has 0 aliphatic rings. The molecule has 6 aromatic carbocycles. The molecule has 0 unspecified atom stereocenters. The summed E-state index contributed by atoms with van der Waals surface area (Å²) in [7, 11) is 0. The first-order valence-corrected chi connectivity index (χ1v) is 19.2. The van der Waals surface area contributed by atoms with Crippen LogP contribution in [0.4, 0.5) is 0 Å². The van der Waals surface area contributed by atoms with Gasteiger partial charge < -0.3 is 4.74 Å². The number of fused-ring (bicyclic) bond motifs is 14. The van der Waals surface area contributed by atoms with Crippen LogP contribution in [-0.2, 0) is 0 Å². The molecule has 0 amide bonds. The largest absolute Gasteiger partial charge is 0.457 e. The lowest BCUT2D eigenvalue weighted by atomic mass is 10.1. The maximum absolute atomic E-state index is 6.79. The molecule has 12 rings (SSSR count). The molecule has 0 saturated carbocycles. The van der Waals surface area contributed by atoms with Crippen LogP contribution in [0.15, 0.2) is 158 Å². The second-order valence-electron chi connectivity index (χ2n) is 13.4. The fraction of sp³-hybridized carbons (Fsp3) is 0. The average Bonchev–Trinajstić information content (AvgIpc) is 3.95. The molecule has 53 heavy (non-hydrogen) atoms. The summed E-state index contributed by atoms with van der Waals surface area (Å²) >= 11 is 3.67. The lowest BCUT2D eigenvalue weighted by molar-refractivity contribution is 0.484. The van der Waals surface area contributed by atoms with E-state index in [-0.39, 0.29) is 0 Å². The Bertz CT molecular complexity index is 3200. The van der Waals surface area contributed by atoms with E-state index in [2.05, 4.69) is 143 Å². The van der Waals surface area contributed by atoms with Gasteiger partial charge in [-0.3, -0.25) is 9.13 Å². The highest BCUT2D eigenvalue weighted by molar-refractivity contribution is 7.26. The lowest BCUT2D eigenvalue weighted by Gasteiger charge is -2.11. The Balaban J connectivity index is 1.08. The second kappa shape index (κ2) is 11.0. The van der Waals surface area contributed by atoms with Gasteiger partial charge in [0, 0.05) is 86.4 Å². The molecule has 0 bridgehead atoms. The molecule has 248 valence electrons. The van der Waals surface area contributed by atoms with E-state index in [1.54, 1.807) is 0 Å². The third-order valence-electron chi connectivity index (χ3n) is 10.5. The molecular formula is C46H26N4OS2. The molecular weight excluding hydrogens is 689 g/mol. The van der Waals surface area contributed by atoms with Gasteiger partial charge >= 0.3 is 0 Å². The molecule has 12 aromatic rings. The minimum atomic E-state index is 0.759. The van der Waals surface area contributed by atoms with Gasteiger partial charge in [0.25, 0.3) is 0 Å². The number of aromatic nitrogens is 4. The number of benzene rings is 6. The Morgan fingerprint density at radius 2 is 0.849 bits per heavy atom. The molecule has 0 N–H and O–H groups in total. The van der Waals surface area contributed by atoms with Crippen molar-refractivity contribution in [1.82, 2.24) is 19.1 Å². The Morgan fingerprint density at radius 1 is 0.396 bits per heavy atom. The van der Waals surface area contributed by atoms with Crippen molar-refractivity contribution in [1.29, 1.82) is 0 Å². The Labute approximate surface area is 310 Å². The average molecular weight is 715 g/mol. The second-order valence-corrected chi connectivity index (χ2v) is 15.5. The van der Waals surface area contributed by atoms with Crippen molar-refractivity contribution >= 4 is 107 Å². The van der Waals surface area contributed by atoms with Crippen molar-refractivity contribution in [3.8, 4) is 23.1 Å². The molecule has 0 saturated heterocycles. The zero-order valence-electron chi connectivity index (χ0n) is 28.0. The van der Waals surface area contributed by atoms with Gasteiger partial charge in [0.1, 0.15) is 23.1 Å². The Morgan fingerprint density at radius 3 is 1.32 bits per heavy atom. The number of hydrogen-bond donors (Lipinski definition) is 0. The van der Waals surface area contributed by atoms with Crippen LogP contribution in [0.1, 0.15) is 0 Å². The molecule has 0 spiro atoms. The lowest BCUT2D eigenvalue weighted by Crippen LogP contribution is -1.97. The summed E-state index contributed by atoms with van der Waals surface area (Å²) in [5.74, 6) is 3.27. The topological polar surface area (TPSA) is 44.9 Å². The van der Waals surface area contributed by atoms with E-state index in [0.29, 0.717) is 0 Å². The van der Waals surface area contributed by atoms with Crippen LogP contribution in [0, 0.1) is 0 Å². The normalized spacial score (nSPS) is 12.2. The van der Waals surface area contributed by atoms with Crippen LogP contribution in [0.2, 0.25) is 0 Å². The number of rotatable bonds is 4. The van der Waals surface area contributed by atoms with Crippen molar-refractivity contribution in [3.05, 3.63) is 158 Å². The smallest absolute Gasteiger partial charge is 0.137 e. The maximum atomic E-state index is 6.79. The minimum absolute atomic E-state index is 0.759. The van der Waals surface area contributed by atoms with E-state index in [4.69, 9.17) is 14.7 Å². The summed E-state index contributed by atoms with van der Waals surface area (Å²) in [5, 5.41) is 9.75. The minimum Gasteiger partial charge on any atom is -0.457 e. The van der Waals surface area contributed by atoms with E-state index in [0.717, 1.165) is 44.9 Å². The Hall–Kier alpha value is -6.54. The summed E-state index contributed by atoms with van der Waals surface area (Å²) in [4.78, 5) is 9.71. The summed E-state index contributed by atoms with van der Waals surface area (Å²) < 4.78 is 16.5. The van der Waals surface area contributed by atoms with Crippen LogP contribution in [0.25, 0.3) is 95.6 Å². The van der Waals surface area contributed by atoms with Crippen molar-refractivity contribution in [2.45, 2.75) is 0 Å². The molecule has 0 aliphatic heterocycles. The van der Waals surface area contributed by atoms with Crippen LogP contribution < -0.4 is 4.74 Å². The number of pyridine rings is 2. The van der Waals surface area contributed by atoms with Gasteiger partial charge in [-0.25, -0.2) is 9.97 Å². The predicted molar refractivity (Wildman–Crippen MR) is 223 cm³/mol. The third-order valence-corrected chi connectivity index (χ3v) is 12.7. The standard InChI is InChI=1S/C46H26N4OS2/c1-3-11-37-33(9-1)43-39(52-37)21-19-31-29-17-15-27(25-35(29)49(45(31)43)41-13-5-7-23-47-41)51-28-16-18-30-32-20-22-40-44(34-10-2-4-12-38(34)53-40)46(32)50(36(30)26-28)42-14-6-8-24-48-42/h1-26H. The zero-order valence-corrected chi connectivity index (χ0v) is 29.7. The van der Waals surface area contributed by atoms with E-state index < -0.39 is 0 Å². The number of ether oxygens (including phenoxy) is 1. The number of hydrogen-bond acceptors (Lipinski definition) is 5. The monoisotopic (exact) mass is 714 g/mol. The van der Waals surface area contributed by atoms with Gasteiger partial charge in [-0.15, -0.1) is 22.7 Å². The van der Waals surface area contributed by atoms with Gasteiger partial charge in [-0.05, 0) is 72.8 Å². The predicted octanol–water partition coefficient (Wildman–Crippen LogP) is 13.2. The van der Waals surface area contributed by atoms with Crippen molar-refractivity contribution in [3.63, 3.8) is 0 Å². The van der Waals surface area contributed by atoms with Gasteiger partial charge in [0.05, 0.1) is 22.1 Å². The molecule has 0 fully saturated rings. The fourth-order valence-electron chi connectivity index (χ4n) is 8.30. The number of nitrogens with zero attached hydrogens (tertiary/aromatic N) is 4. The molecule has 0 atom stereocenters. The molecule has 0 aliphatic carbocycles. The first kappa shape index (κ1) is 29.1. The summed E-state index contributed by atoms with van der Waals surface area (Å²) in [5.41, 5.74) is 4.43. The van der Waals surface area contributed by atoms with Crippen molar-refractivity contribution in [2.24, 2.45) is 0 Å². The van der Waals surface area contributed by atoms with Crippen LogP contribution in [0.3, 0.4) is 0 Å². The molecule has 6 heterocycles. The van der Waals surface area contributed by atoms with E-state index >= 15 is 0 Å². The van der Waals surface area contributed by atoms with Crippen LogP contribution in [-0.4, -0.2) is 19.1 Å². The summed E-state index contributed by atoms with van der Waals surface area (Å²) in [6.07, 6.45) is 3.73. The van der Waals surface area contributed by atoms with E-state index in [9.17, 15) is 0 Å². The van der Waals surface area contributed by atoms with Crippen LogP contribution in [0.5, 0.6) is 11.5 Å². The molecule has 5 nitrogen and oxygen atoms in total. The summed E-state index contributed by atoms with van der Waals surface area (Å²) in [6, 6.07) is 51.5.